The van der Waals surface area contributed by atoms with Crippen molar-refractivity contribution in [3.05, 3.63) is 96.1 Å². The quantitative estimate of drug-likeness (QED) is 0.299. The van der Waals surface area contributed by atoms with Crippen LogP contribution in [0.1, 0.15) is 20.7 Å². The summed E-state index contributed by atoms with van der Waals surface area (Å²) in [5.41, 5.74) is 2.36. The summed E-state index contributed by atoms with van der Waals surface area (Å²) < 4.78 is 0.484. The third-order valence-corrected chi connectivity index (χ3v) is 4.95. The fourth-order valence-corrected chi connectivity index (χ4v) is 3.50. The van der Waals surface area contributed by atoms with Gasteiger partial charge in [-0.1, -0.05) is 71.1 Å². The Morgan fingerprint density at radius 2 is 1.15 bits per heavy atom. The lowest BCUT2D eigenvalue weighted by Crippen LogP contribution is -2.33. The number of nitrogens with zero attached hydrogens (tertiary/aromatic N) is 2. The predicted octanol–water partition coefficient (Wildman–Crippen LogP) is 5.00. The smallest absolute Gasteiger partial charge is 0.259 e. The molecule has 136 valence electrons. The maximum absolute atomic E-state index is 13.2. The van der Waals surface area contributed by atoms with Crippen LogP contribution in [0.25, 0.3) is 0 Å². The molecule has 0 saturated heterocycles. The minimum absolute atomic E-state index is 0.194. The van der Waals surface area contributed by atoms with E-state index in [1.807, 2.05) is 60.7 Å². The molecule has 0 heterocycles. The van der Waals surface area contributed by atoms with E-state index in [4.69, 9.17) is 0 Å². The maximum atomic E-state index is 13.2. The van der Waals surface area contributed by atoms with Crippen LogP contribution in [0.15, 0.2) is 84.9 Å². The Morgan fingerprint density at radius 1 is 0.704 bits per heavy atom. The number of carbonyl (C=O) groups excluding carboxylic acids is 2. The molecule has 0 aromatic heterocycles. The number of hydrogen-bond acceptors (Lipinski definition) is 2. The lowest BCUT2D eigenvalue weighted by atomic mass is 10.0. The molecule has 0 aliphatic rings. The van der Waals surface area contributed by atoms with Crippen LogP contribution >= 0.6 is 22.6 Å². The molecule has 0 saturated carbocycles. The molecule has 4 nitrogen and oxygen atoms in total. The Kier molecular flexibility index (Phi) is 6.24. The second-order valence-corrected chi connectivity index (χ2v) is 6.62. The molecule has 3 aromatic rings. The monoisotopic (exact) mass is 470 g/mol. The van der Waals surface area contributed by atoms with E-state index in [2.05, 4.69) is 22.6 Å². The fourth-order valence-electron chi connectivity index (χ4n) is 2.80. The SMILES string of the molecule is CN(C(=O)c1ccccc1C(=O)N(CI)c1ccccc1)c1ccccc1. The van der Waals surface area contributed by atoms with Crippen LogP contribution in [-0.2, 0) is 0 Å². The molecular weight excluding hydrogens is 451 g/mol. The molecule has 0 unspecified atom stereocenters. The summed E-state index contributed by atoms with van der Waals surface area (Å²) in [5, 5.41) is 0. The number of anilines is 2. The Hall–Kier alpha value is -2.67. The molecule has 0 radical (unpaired) electrons. The second kappa shape index (κ2) is 8.81. The van der Waals surface area contributed by atoms with E-state index in [0.29, 0.717) is 15.7 Å². The minimum Gasteiger partial charge on any atom is -0.311 e. The molecule has 0 fully saturated rings. The topological polar surface area (TPSA) is 40.6 Å². The van der Waals surface area contributed by atoms with Crippen LogP contribution in [0, 0.1) is 0 Å². The lowest BCUT2D eigenvalue weighted by Gasteiger charge is -2.23. The zero-order valence-electron chi connectivity index (χ0n) is 14.9. The molecule has 27 heavy (non-hydrogen) atoms. The fraction of sp³-hybridized carbons (Fsp3) is 0.0909. The Bertz CT molecular complexity index is 929. The molecule has 0 bridgehead atoms. The van der Waals surface area contributed by atoms with Gasteiger partial charge in [-0.2, -0.15) is 0 Å². The summed E-state index contributed by atoms with van der Waals surface area (Å²) in [4.78, 5) is 29.5. The first-order valence-corrected chi connectivity index (χ1v) is 10.0. The maximum Gasteiger partial charge on any atom is 0.259 e. The molecule has 5 heteroatoms. The Morgan fingerprint density at radius 3 is 1.67 bits per heavy atom. The van der Waals surface area contributed by atoms with Gasteiger partial charge in [-0.25, -0.2) is 0 Å². The summed E-state index contributed by atoms with van der Waals surface area (Å²) >= 11 is 2.16. The summed E-state index contributed by atoms with van der Waals surface area (Å²) in [6.45, 7) is 0. The molecule has 3 aromatic carbocycles. The largest absolute Gasteiger partial charge is 0.311 e. The van der Waals surface area contributed by atoms with Crippen molar-refractivity contribution >= 4 is 45.8 Å². The first-order chi connectivity index (χ1) is 13.1. The van der Waals surface area contributed by atoms with Gasteiger partial charge >= 0.3 is 0 Å². The zero-order chi connectivity index (χ0) is 19.2. The van der Waals surface area contributed by atoms with Gasteiger partial charge in [-0.05, 0) is 36.4 Å². The van der Waals surface area contributed by atoms with Crippen molar-refractivity contribution in [3.8, 4) is 0 Å². The highest BCUT2D eigenvalue weighted by atomic mass is 127. The summed E-state index contributed by atoms with van der Waals surface area (Å²) in [7, 11) is 1.71. The van der Waals surface area contributed by atoms with Crippen LogP contribution in [0.2, 0.25) is 0 Å². The summed E-state index contributed by atoms with van der Waals surface area (Å²) in [5.74, 6) is -0.410. The first kappa shape index (κ1) is 19.1. The van der Waals surface area contributed by atoms with Crippen LogP contribution < -0.4 is 9.80 Å². The van der Waals surface area contributed by atoms with Crippen molar-refractivity contribution in [2.24, 2.45) is 0 Å². The molecule has 0 aliphatic heterocycles. The number of halogens is 1. The summed E-state index contributed by atoms with van der Waals surface area (Å²) in [6, 6.07) is 25.8. The van der Waals surface area contributed by atoms with Crippen molar-refractivity contribution in [3.63, 3.8) is 0 Å². The minimum atomic E-state index is -0.216. The number of alkyl halides is 1. The third kappa shape index (κ3) is 4.19. The van der Waals surface area contributed by atoms with Crippen molar-refractivity contribution in [2.45, 2.75) is 0 Å². The van der Waals surface area contributed by atoms with Gasteiger partial charge in [0.15, 0.2) is 0 Å². The van der Waals surface area contributed by atoms with E-state index in [1.165, 1.54) is 0 Å². The molecule has 0 aliphatic carbocycles. The van der Waals surface area contributed by atoms with Gasteiger partial charge in [0.1, 0.15) is 0 Å². The standard InChI is InChI=1S/C22H19IN2O2/c1-24(17-10-4-2-5-11-17)21(26)19-14-8-9-15-20(19)22(27)25(16-23)18-12-6-3-7-13-18/h2-15H,16H2,1H3. The summed E-state index contributed by atoms with van der Waals surface area (Å²) in [6.07, 6.45) is 0. The molecular formula is C22H19IN2O2. The number of hydrogen-bond donors (Lipinski definition) is 0. The van der Waals surface area contributed by atoms with Crippen molar-refractivity contribution in [1.82, 2.24) is 0 Å². The van der Waals surface area contributed by atoms with Gasteiger partial charge in [0.2, 0.25) is 0 Å². The molecule has 0 N–H and O–H groups in total. The molecule has 3 rings (SSSR count). The van der Waals surface area contributed by atoms with Gasteiger partial charge in [0.25, 0.3) is 11.8 Å². The average molecular weight is 470 g/mol. The van der Waals surface area contributed by atoms with Crippen molar-refractivity contribution < 1.29 is 9.59 Å². The first-order valence-electron chi connectivity index (χ1n) is 8.48. The van der Waals surface area contributed by atoms with E-state index in [0.717, 1.165) is 11.4 Å². The van der Waals surface area contributed by atoms with E-state index >= 15 is 0 Å². The van der Waals surface area contributed by atoms with E-state index in [1.54, 1.807) is 41.1 Å². The van der Waals surface area contributed by atoms with Crippen molar-refractivity contribution in [1.29, 1.82) is 0 Å². The average Bonchev–Trinajstić information content (AvgIpc) is 2.74. The zero-order valence-corrected chi connectivity index (χ0v) is 17.0. The molecule has 2 amide bonds. The molecule has 0 spiro atoms. The number of carbonyl (C=O) groups is 2. The number of rotatable bonds is 5. The van der Waals surface area contributed by atoms with Gasteiger partial charge < -0.3 is 4.90 Å². The van der Waals surface area contributed by atoms with Crippen LogP contribution in [-0.4, -0.2) is 23.4 Å². The Labute approximate surface area is 172 Å². The molecule has 0 atom stereocenters. The van der Waals surface area contributed by atoms with Gasteiger partial charge in [-0.3, -0.25) is 14.5 Å². The number of benzene rings is 3. The predicted molar refractivity (Wildman–Crippen MR) is 118 cm³/mol. The van der Waals surface area contributed by atoms with Crippen LogP contribution in [0.5, 0.6) is 0 Å². The Balaban J connectivity index is 1.96. The highest BCUT2D eigenvalue weighted by Crippen LogP contribution is 2.22. The second-order valence-electron chi connectivity index (χ2n) is 5.93. The van der Waals surface area contributed by atoms with Crippen LogP contribution in [0.3, 0.4) is 0 Å². The highest BCUT2D eigenvalue weighted by Gasteiger charge is 2.24. The van der Waals surface area contributed by atoms with Crippen LogP contribution in [0.4, 0.5) is 11.4 Å². The third-order valence-electron chi connectivity index (χ3n) is 4.27. The van der Waals surface area contributed by atoms with Gasteiger partial charge in [0.05, 0.1) is 15.7 Å². The highest BCUT2D eigenvalue weighted by molar-refractivity contribution is 14.1. The van der Waals surface area contributed by atoms with E-state index in [9.17, 15) is 9.59 Å². The van der Waals surface area contributed by atoms with Gasteiger partial charge in [-0.15, -0.1) is 0 Å². The number of amides is 2. The van der Waals surface area contributed by atoms with Crippen molar-refractivity contribution in [2.75, 3.05) is 21.4 Å². The normalized spacial score (nSPS) is 10.3. The lowest BCUT2D eigenvalue weighted by molar-refractivity contribution is 0.0960. The number of para-hydroxylation sites is 2. The van der Waals surface area contributed by atoms with E-state index in [-0.39, 0.29) is 11.8 Å². The van der Waals surface area contributed by atoms with Gasteiger partial charge in [0, 0.05) is 18.4 Å². The van der Waals surface area contributed by atoms with E-state index < -0.39 is 0 Å².